The molecule has 6 nitrogen and oxygen atoms in total. The van der Waals surface area contributed by atoms with Crippen LogP contribution in [0, 0.1) is 12.7 Å². The van der Waals surface area contributed by atoms with Gasteiger partial charge in [-0.05, 0) is 25.1 Å². The van der Waals surface area contributed by atoms with E-state index in [9.17, 15) is 8.60 Å². The van der Waals surface area contributed by atoms with Crippen molar-refractivity contribution >= 4 is 27.7 Å². The van der Waals surface area contributed by atoms with E-state index >= 15 is 0 Å². The maximum atomic E-state index is 13.3. The second-order valence-electron chi connectivity index (χ2n) is 5.66. The fourth-order valence-electron chi connectivity index (χ4n) is 2.18. The van der Waals surface area contributed by atoms with E-state index in [0.29, 0.717) is 32.5 Å². The molecule has 1 aliphatic rings. The van der Waals surface area contributed by atoms with Crippen molar-refractivity contribution in [3.8, 4) is 5.88 Å². The van der Waals surface area contributed by atoms with Crippen LogP contribution >= 0.6 is 0 Å². The third-order valence-corrected chi connectivity index (χ3v) is 4.92. The van der Waals surface area contributed by atoms with E-state index in [1.165, 1.54) is 44.6 Å². The minimum Gasteiger partial charge on any atom is -0.479 e. The summed E-state index contributed by atoms with van der Waals surface area (Å²) in [7, 11) is -0.199. The summed E-state index contributed by atoms with van der Waals surface area (Å²) < 4.78 is 31.3. The number of hydrogen-bond donors (Lipinski definition) is 2. The van der Waals surface area contributed by atoms with Crippen LogP contribution in [0.25, 0.3) is 11.0 Å². The lowest BCUT2D eigenvalue weighted by molar-refractivity contribution is 0.400. The number of aromatic nitrogens is 3. The Morgan fingerprint density at radius 1 is 1.28 bits per heavy atom. The largest absolute Gasteiger partial charge is 0.479 e. The zero-order chi connectivity index (χ0) is 18.0. The van der Waals surface area contributed by atoms with Crippen molar-refractivity contribution in [1.29, 1.82) is 0 Å². The Morgan fingerprint density at radius 2 is 2.00 bits per heavy atom. The molecule has 1 fully saturated rings. The molecule has 0 bridgehead atoms. The van der Waals surface area contributed by atoms with Gasteiger partial charge >= 0.3 is 0 Å². The highest BCUT2D eigenvalue weighted by atomic mass is 32.2. The van der Waals surface area contributed by atoms with Gasteiger partial charge in [0.1, 0.15) is 33.4 Å². The van der Waals surface area contributed by atoms with Crippen molar-refractivity contribution in [2.24, 2.45) is 0 Å². The van der Waals surface area contributed by atoms with Gasteiger partial charge in [-0.1, -0.05) is 25.3 Å². The molecule has 0 aliphatic heterocycles. The number of hydrogen-bond acceptors (Lipinski definition) is 5. The van der Waals surface area contributed by atoms with Crippen molar-refractivity contribution in [2.75, 3.05) is 12.8 Å². The first-order chi connectivity index (χ1) is 12.0. The number of aromatic amines is 1. The van der Waals surface area contributed by atoms with Crippen LogP contribution in [-0.2, 0) is 10.8 Å². The van der Waals surface area contributed by atoms with Crippen LogP contribution in [0.5, 0.6) is 5.88 Å². The number of nitrogens with one attached hydrogen (secondary N) is 1. The molecule has 1 saturated carbocycles. The monoisotopic (exact) mass is 362 g/mol. The molecule has 0 saturated heterocycles. The molecule has 2 heterocycles. The summed E-state index contributed by atoms with van der Waals surface area (Å²) >= 11 is 0. The van der Waals surface area contributed by atoms with Crippen LogP contribution in [0.3, 0.4) is 0 Å². The topological polar surface area (TPSA) is 93.9 Å². The summed E-state index contributed by atoms with van der Waals surface area (Å²) in [5.74, 6) is 0.501. The number of halogens is 1. The van der Waals surface area contributed by atoms with Gasteiger partial charge in [0.05, 0.1) is 17.9 Å². The molecule has 132 valence electrons. The molecule has 0 radical (unpaired) electrons. The number of aryl methyl sites for hydroxylation is 1. The van der Waals surface area contributed by atoms with Crippen LogP contribution < -0.4 is 10.5 Å². The van der Waals surface area contributed by atoms with E-state index in [1.54, 1.807) is 13.0 Å². The van der Waals surface area contributed by atoms with Crippen LogP contribution in [0.2, 0.25) is 0 Å². The number of nitrogens with zero attached hydrogens (tertiary/aromatic N) is 2. The standard InChI is InChI=1S/C14H13FN4O2S.C3H6/c1-7-17-10-11(14(18-7)21-2)19-13(16)12(10)22(20)9-5-3-4-8(15)6-9;1-2-3-1/h3-6,19H,16H2,1-2H3;1-3H2. The molecule has 4 rings (SSSR count). The Kier molecular flexibility index (Phi) is 4.98. The van der Waals surface area contributed by atoms with Crippen molar-refractivity contribution in [1.82, 2.24) is 15.0 Å². The van der Waals surface area contributed by atoms with E-state index in [1.807, 2.05) is 0 Å². The number of nitrogen functional groups attached to an aromatic ring is 1. The van der Waals surface area contributed by atoms with Gasteiger partial charge in [-0.15, -0.1) is 0 Å². The van der Waals surface area contributed by atoms with E-state index in [2.05, 4.69) is 15.0 Å². The Balaban J connectivity index is 0.000000549. The van der Waals surface area contributed by atoms with Gasteiger partial charge in [0.25, 0.3) is 0 Å². The van der Waals surface area contributed by atoms with Gasteiger partial charge in [0, 0.05) is 4.90 Å². The predicted octanol–water partition coefficient (Wildman–Crippen LogP) is 3.33. The maximum absolute atomic E-state index is 13.3. The van der Waals surface area contributed by atoms with Gasteiger partial charge in [-0.3, -0.25) is 0 Å². The zero-order valence-electron chi connectivity index (χ0n) is 14.0. The number of methoxy groups -OCH3 is 1. The third-order valence-electron chi connectivity index (χ3n) is 3.45. The van der Waals surface area contributed by atoms with Crippen molar-refractivity contribution in [2.45, 2.75) is 36.0 Å². The summed E-state index contributed by atoms with van der Waals surface area (Å²) in [6, 6.07) is 5.56. The molecular formula is C17H19FN4O2S. The Morgan fingerprint density at radius 3 is 2.60 bits per heavy atom. The summed E-state index contributed by atoms with van der Waals surface area (Å²) in [5.41, 5.74) is 6.81. The molecule has 3 aromatic rings. The summed E-state index contributed by atoms with van der Waals surface area (Å²) in [4.78, 5) is 11.9. The Hall–Kier alpha value is -2.48. The average Bonchev–Trinajstić information content (AvgIpc) is 3.42. The average molecular weight is 362 g/mol. The number of H-pyrrole nitrogens is 1. The van der Waals surface area contributed by atoms with Crippen molar-refractivity contribution in [3.63, 3.8) is 0 Å². The molecule has 8 heteroatoms. The fraction of sp³-hybridized carbons (Fsp3) is 0.294. The normalized spacial score (nSPS) is 13.9. The van der Waals surface area contributed by atoms with Crippen molar-refractivity contribution in [3.05, 3.63) is 35.9 Å². The van der Waals surface area contributed by atoms with Crippen LogP contribution in [0.4, 0.5) is 10.2 Å². The molecule has 1 unspecified atom stereocenters. The molecule has 1 aliphatic carbocycles. The Bertz CT molecular complexity index is 937. The lowest BCUT2D eigenvalue weighted by Crippen LogP contribution is -1.99. The number of ether oxygens (including phenoxy) is 1. The molecule has 25 heavy (non-hydrogen) atoms. The van der Waals surface area contributed by atoms with Crippen LogP contribution in [0.15, 0.2) is 34.1 Å². The molecule has 0 spiro atoms. The highest BCUT2D eigenvalue weighted by Gasteiger charge is 2.22. The number of fused-ring (bicyclic) bond motifs is 1. The minimum atomic E-state index is -1.67. The van der Waals surface area contributed by atoms with E-state index in [-0.39, 0.29) is 5.82 Å². The SMILES string of the molecule is C1CC1.COc1nc(C)nc2c(S(=O)c3cccc(F)c3)c(N)[nH]c12. The molecule has 1 aromatic carbocycles. The van der Waals surface area contributed by atoms with Gasteiger partial charge in [-0.2, -0.15) is 4.98 Å². The summed E-state index contributed by atoms with van der Waals surface area (Å²) in [6.45, 7) is 1.69. The molecule has 3 N–H and O–H groups in total. The highest BCUT2D eigenvalue weighted by molar-refractivity contribution is 7.85. The number of nitrogens with two attached hydrogens (primary N) is 1. The molecule has 0 amide bonds. The number of anilines is 1. The number of rotatable bonds is 3. The van der Waals surface area contributed by atoms with Crippen LogP contribution in [0.1, 0.15) is 25.1 Å². The van der Waals surface area contributed by atoms with Gasteiger partial charge in [0.2, 0.25) is 5.88 Å². The first kappa shape index (κ1) is 17.3. The van der Waals surface area contributed by atoms with Crippen LogP contribution in [-0.4, -0.2) is 26.3 Å². The van der Waals surface area contributed by atoms with Crippen molar-refractivity contribution < 1.29 is 13.3 Å². The molecule has 2 aromatic heterocycles. The number of benzene rings is 1. The second kappa shape index (κ2) is 7.18. The molecule has 1 atom stereocenters. The van der Waals surface area contributed by atoms with E-state index in [0.717, 1.165) is 0 Å². The minimum absolute atomic E-state index is 0.191. The maximum Gasteiger partial charge on any atom is 0.241 e. The second-order valence-corrected chi connectivity index (χ2v) is 7.08. The summed E-state index contributed by atoms with van der Waals surface area (Å²) in [6.07, 6.45) is 4.50. The summed E-state index contributed by atoms with van der Waals surface area (Å²) in [5, 5.41) is 0. The van der Waals surface area contributed by atoms with Gasteiger partial charge in [-0.25, -0.2) is 13.6 Å². The quantitative estimate of drug-likeness (QED) is 0.745. The Labute approximate surface area is 147 Å². The third kappa shape index (κ3) is 3.79. The van der Waals surface area contributed by atoms with E-state index < -0.39 is 16.6 Å². The fourth-order valence-corrected chi connectivity index (χ4v) is 3.41. The lowest BCUT2D eigenvalue weighted by atomic mass is 10.3. The smallest absolute Gasteiger partial charge is 0.241 e. The zero-order valence-corrected chi connectivity index (χ0v) is 14.8. The first-order valence-corrected chi connectivity index (χ1v) is 9.03. The predicted molar refractivity (Wildman–Crippen MR) is 94.5 cm³/mol. The van der Waals surface area contributed by atoms with Gasteiger partial charge in [0.15, 0.2) is 0 Å². The van der Waals surface area contributed by atoms with Gasteiger partial charge < -0.3 is 15.5 Å². The first-order valence-electron chi connectivity index (χ1n) is 7.88. The molecular weight excluding hydrogens is 343 g/mol. The lowest BCUT2D eigenvalue weighted by Gasteiger charge is -2.04. The highest BCUT2D eigenvalue weighted by Crippen LogP contribution is 2.33. The van der Waals surface area contributed by atoms with E-state index in [4.69, 9.17) is 10.5 Å².